The Morgan fingerprint density at radius 3 is 2.75 bits per heavy atom. The van der Waals surface area contributed by atoms with Crippen LogP contribution in [0.25, 0.3) is 10.8 Å². The molecule has 2 heterocycles. The number of carbonyl (C=O) groups is 1. The Hall–Kier alpha value is -1.62. The minimum atomic E-state index is -0.745. The quantitative estimate of drug-likeness (QED) is 0.787. The highest BCUT2D eigenvalue weighted by Crippen LogP contribution is 2.31. The number of hydrogen-bond donors (Lipinski definition) is 0. The maximum atomic E-state index is 12.0. The smallest absolute Gasteiger partial charge is 0.317 e. The van der Waals surface area contributed by atoms with Gasteiger partial charge in [-0.1, -0.05) is 6.92 Å². The molecule has 108 valence electrons. The molecule has 0 amide bonds. The van der Waals surface area contributed by atoms with E-state index in [0.717, 1.165) is 22.9 Å². The van der Waals surface area contributed by atoms with Crippen molar-refractivity contribution in [3.63, 3.8) is 0 Å². The molecule has 0 aromatic carbocycles. The SMILES string of the molecule is CCOC(=O)C(C)(C)c1csc(-c2ccc(CC)o2)n1. The molecule has 2 aromatic heterocycles. The summed E-state index contributed by atoms with van der Waals surface area (Å²) in [4.78, 5) is 16.5. The number of rotatable bonds is 5. The molecule has 0 aliphatic rings. The Balaban J connectivity index is 2.26. The molecule has 0 radical (unpaired) electrons. The van der Waals surface area contributed by atoms with Crippen molar-refractivity contribution in [3.05, 3.63) is 29.0 Å². The molecule has 0 aliphatic carbocycles. The van der Waals surface area contributed by atoms with Gasteiger partial charge >= 0.3 is 5.97 Å². The van der Waals surface area contributed by atoms with Crippen molar-refractivity contribution in [1.29, 1.82) is 0 Å². The third kappa shape index (κ3) is 2.77. The number of thiazole rings is 1. The first-order valence-electron chi connectivity index (χ1n) is 6.71. The van der Waals surface area contributed by atoms with Crippen LogP contribution in [0, 0.1) is 0 Å². The van der Waals surface area contributed by atoms with Gasteiger partial charge in [-0.3, -0.25) is 4.79 Å². The third-order valence-corrected chi connectivity index (χ3v) is 4.01. The number of hydrogen-bond acceptors (Lipinski definition) is 5. The highest BCUT2D eigenvalue weighted by molar-refractivity contribution is 7.13. The zero-order valence-electron chi connectivity index (χ0n) is 12.2. The van der Waals surface area contributed by atoms with Crippen LogP contribution in [0.1, 0.15) is 39.1 Å². The van der Waals surface area contributed by atoms with Gasteiger partial charge in [0.05, 0.1) is 12.3 Å². The second-order valence-corrected chi connectivity index (χ2v) is 5.86. The fraction of sp³-hybridized carbons (Fsp3) is 0.467. The van der Waals surface area contributed by atoms with Gasteiger partial charge in [-0.25, -0.2) is 4.98 Å². The van der Waals surface area contributed by atoms with E-state index in [2.05, 4.69) is 4.98 Å². The summed E-state index contributed by atoms with van der Waals surface area (Å²) in [6.45, 7) is 7.86. The van der Waals surface area contributed by atoms with Crippen molar-refractivity contribution in [2.24, 2.45) is 0 Å². The molecule has 2 rings (SSSR count). The van der Waals surface area contributed by atoms with Crippen LogP contribution < -0.4 is 0 Å². The molecule has 0 saturated heterocycles. The first-order chi connectivity index (χ1) is 9.48. The first-order valence-corrected chi connectivity index (χ1v) is 7.59. The maximum Gasteiger partial charge on any atom is 0.317 e. The van der Waals surface area contributed by atoms with Crippen LogP contribution in [-0.2, 0) is 21.4 Å². The van der Waals surface area contributed by atoms with E-state index in [0.29, 0.717) is 12.3 Å². The molecule has 4 nitrogen and oxygen atoms in total. The van der Waals surface area contributed by atoms with Gasteiger partial charge in [0.25, 0.3) is 0 Å². The molecule has 0 spiro atoms. The van der Waals surface area contributed by atoms with E-state index >= 15 is 0 Å². The largest absolute Gasteiger partial charge is 0.465 e. The third-order valence-electron chi connectivity index (χ3n) is 3.15. The number of nitrogens with zero attached hydrogens (tertiary/aromatic N) is 1. The van der Waals surface area contributed by atoms with Crippen LogP contribution >= 0.6 is 11.3 Å². The van der Waals surface area contributed by atoms with Gasteiger partial charge in [-0.15, -0.1) is 11.3 Å². The molecule has 0 N–H and O–H groups in total. The van der Waals surface area contributed by atoms with Gasteiger partial charge in [0.1, 0.15) is 11.2 Å². The zero-order valence-corrected chi connectivity index (χ0v) is 13.0. The average molecular weight is 293 g/mol. The molecule has 0 saturated carbocycles. The standard InChI is InChI=1S/C15H19NO3S/c1-5-10-7-8-11(19-10)13-16-12(9-20-13)15(3,4)14(17)18-6-2/h7-9H,5-6H2,1-4H3. The van der Waals surface area contributed by atoms with Crippen LogP contribution in [-0.4, -0.2) is 17.6 Å². The molecule has 2 aromatic rings. The minimum absolute atomic E-state index is 0.259. The highest BCUT2D eigenvalue weighted by Gasteiger charge is 2.34. The van der Waals surface area contributed by atoms with Crippen LogP contribution in [0.5, 0.6) is 0 Å². The Kier molecular flexibility index (Phi) is 4.28. The van der Waals surface area contributed by atoms with E-state index in [-0.39, 0.29) is 5.97 Å². The number of esters is 1. The number of furan rings is 1. The van der Waals surface area contributed by atoms with Crippen molar-refractivity contribution in [1.82, 2.24) is 4.98 Å². The summed E-state index contributed by atoms with van der Waals surface area (Å²) in [7, 11) is 0. The van der Waals surface area contributed by atoms with Gasteiger partial charge in [0.2, 0.25) is 0 Å². The van der Waals surface area contributed by atoms with Crippen molar-refractivity contribution in [2.45, 2.75) is 39.5 Å². The normalized spacial score (nSPS) is 11.6. The lowest BCUT2D eigenvalue weighted by Gasteiger charge is -2.19. The molecule has 0 aliphatic heterocycles. The van der Waals surface area contributed by atoms with Crippen LogP contribution in [0.4, 0.5) is 0 Å². The summed E-state index contributed by atoms with van der Waals surface area (Å²) >= 11 is 1.48. The van der Waals surface area contributed by atoms with E-state index in [9.17, 15) is 4.79 Å². The van der Waals surface area contributed by atoms with Crippen LogP contribution in [0.2, 0.25) is 0 Å². The lowest BCUT2D eigenvalue weighted by atomic mass is 9.90. The van der Waals surface area contributed by atoms with Gasteiger partial charge in [-0.2, -0.15) is 0 Å². The fourth-order valence-electron chi connectivity index (χ4n) is 1.77. The lowest BCUT2D eigenvalue weighted by molar-refractivity contribution is -0.148. The summed E-state index contributed by atoms with van der Waals surface area (Å²) in [6, 6.07) is 3.87. The van der Waals surface area contributed by atoms with Crippen LogP contribution in [0.15, 0.2) is 21.9 Å². The van der Waals surface area contributed by atoms with Gasteiger partial charge in [0, 0.05) is 11.8 Å². The summed E-state index contributed by atoms with van der Waals surface area (Å²) in [5.41, 5.74) is -0.0318. The minimum Gasteiger partial charge on any atom is -0.465 e. The van der Waals surface area contributed by atoms with Gasteiger partial charge in [-0.05, 0) is 32.9 Å². The Morgan fingerprint density at radius 1 is 1.40 bits per heavy atom. The van der Waals surface area contributed by atoms with E-state index in [1.165, 1.54) is 11.3 Å². The Labute approximate surface area is 122 Å². The van der Waals surface area contributed by atoms with Crippen molar-refractivity contribution >= 4 is 17.3 Å². The Morgan fingerprint density at radius 2 is 2.15 bits per heavy atom. The average Bonchev–Trinajstić information content (AvgIpc) is 3.07. The van der Waals surface area contributed by atoms with E-state index < -0.39 is 5.41 Å². The van der Waals surface area contributed by atoms with Crippen molar-refractivity contribution in [3.8, 4) is 10.8 Å². The van der Waals surface area contributed by atoms with E-state index in [1.807, 2.05) is 38.3 Å². The van der Waals surface area contributed by atoms with E-state index in [4.69, 9.17) is 9.15 Å². The van der Waals surface area contributed by atoms with Gasteiger partial charge < -0.3 is 9.15 Å². The first kappa shape index (κ1) is 14.8. The molecule has 0 unspecified atom stereocenters. The van der Waals surface area contributed by atoms with Crippen LogP contribution in [0.3, 0.4) is 0 Å². The molecular formula is C15H19NO3S. The molecule has 20 heavy (non-hydrogen) atoms. The summed E-state index contributed by atoms with van der Waals surface area (Å²) in [6.07, 6.45) is 0.854. The molecule has 0 atom stereocenters. The number of ether oxygens (including phenoxy) is 1. The number of carbonyl (C=O) groups excluding carboxylic acids is 1. The molecule has 0 fully saturated rings. The monoisotopic (exact) mass is 293 g/mol. The molecule has 0 bridgehead atoms. The fourth-order valence-corrected chi connectivity index (χ4v) is 2.72. The van der Waals surface area contributed by atoms with Crippen molar-refractivity contribution in [2.75, 3.05) is 6.61 Å². The predicted molar refractivity (Wildman–Crippen MR) is 78.9 cm³/mol. The summed E-state index contributed by atoms with van der Waals surface area (Å²) in [5.74, 6) is 1.42. The van der Waals surface area contributed by atoms with Gasteiger partial charge in [0.15, 0.2) is 10.8 Å². The zero-order chi connectivity index (χ0) is 14.8. The lowest BCUT2D eigenvalue weighted by Crippen LogP contribution is -2.31. The highest BCUT2D eigenvalue weighted by atomic mass is 32.1. The maximum absolute atomic E-state index is 12.0. The topological polar surface area (TPSA) is 52.3 Å². The Bertz CT molecular complexity index is 598. The molecular weight excluding hydrogens is 274 g/mol. The number of aromatic nitrogens is 1. The second-order valence-electron chi connectivity index (χ2n) is 5.00. The van der Waals surface area contributed by atoms with E-state index in [1.54, 1.807) is 6.92 Å². The second kappa shape index (κ2) is 5.79. The predicted octanol–water partition coefficient (Wildman–Crippen LogP) is 3.81. The number of aryl methyl sites for hydroxylation is 1. The summed E-state index contributed by atoms with van der Waals surface area (Å²) < 4.78 is 10.8. The summed E-state index contributed by atoms with van der Waals surface area (Å²) in [5, 5.41) is 2.68. The van der Waals surface area contributed by atoms with Crippen molar-refractivity contribution < 1.29 is 13.9 Å². The molecule has 5 heteroatoms.